The second kappa shape index (κ2) is 8.32. The normalized spacial score (nSPS) is 22.4. The highest BCUT2D eigenvalue weighted by Crippen LogP contribution is 2.11. The Bertz CT molecular complexity index is 251. The molecule has 1 saturated heterocycles. The number of hydrogen-bond donors (Lipinski definition) is 2. The number of rotatable bonds is 7. The van der Waals surface area contributed by atoms with Crippen LogP contribution in [-0.4, -0.2) is 56.3 Å². The molecule has 3 N–H and O–H groups in total. The molecule has 1 fully saturated rings. The summed E-state index contributed by atoms with van der Waals surface area (Å²) in [6.07, 6.45) is 3.69. The van der Waals surface area contributed by atoms with Gasteiger partial charge in [0.25, 0.3) is 0 Å². The summed E-state index contributed by atoms with van der Waals surface area (Å²) in [5, 5.41) is 3.15. The van der Waals surface area contributed by atoms with Crippen LogP contribution in [0.25, 0.3) is 0 Å². The van der Waals surface area contributed by atoms with E-state index < -0.39 is 0 Å². The van der Waals surface area contributed by atoms with Crippen molar-refractivity contribution in [1.82, 2.24) is 10.2 Å². The Morgan fingerprint density at radius 1 is 1.61 bits per heavy atom. The van der Waals surface area contributed by atoms with Crippen molar-refractivity contribution >= 4 is 5.96 Å². The summed E-state index contributed by atoms with van der Waals surface area (Å²) in [5.41, 5.74) is 5.81. The Kier molecular flexibility index (Phi) is 7.05. The first kappa shape index (κ1) is 15.2. The van der Waals surface area contributed by atoms with Crippen LogP contribution >= 0.6 is 0 Å². The lowest BCUT2D eigenvalue weighted by molar-refractivity contribution is 0.117. The van der Waals surface area contributed by atoms with Crippen molar-refractivity contribution < 1.29 is 4.74 Å². The standard InChI is InChI=1S/C13H28N4O/c1-4-11(2)17(3)8-7-15-13(14)16-10-12-6-5-9-18-12/h11-12H,4-10H2,1-3H3,(H3,14,15,16)/t11-,12-/m1/s1. The van der Waals surface area contributed by atoms with Gasteiger partial charge in [-0.1, -0.05) is 6.92 Å². The fourth-order valence-corrected chi connectivity index (χ4v) is 1.94. The number of ether oxygens (including phenoxy) is 1. The molecule has 0 amide bonds. The molecule has 18 heavy (non-hydrogen) atoms. The molecule has 1 rings (SSSR count). The van der Waals surface area contributed by atoms with Gasteiger partial charge in [-0.05, 0) is 33.2 Å². The molecule has 0 bridgehead atoms. The first-order valence-electron chi connectivity index (χ1n) is 6.99. The molecule has 1 aliphatic rings. The minimum atomic E-state index is 0.271. The molecular formula is C13H28N4O. The molecule has 5 nitrogen and oxygen atoms in total. The average Bonchev–Trinajstić information content (AvgIpc) is 2.88. The summed E-state index contributed by atoms with van der Waals surface area (Å²) in [6, 6.07) is 0.608. The van der Waals surface area contributed by atoms with Crippen molar-refractivity contribution in [1.29, 1.82) is 0 Å². The number of hydrogen-bond acceptors (Lipinski definition) is 3. The van der Waals surface area contributed by atoms with Gasteiger partial charge in [0.2, 0.25) is 0 Å². The van der Waals surface area contributed by atoms with Crippen LogP contribution in [0.5, 0.6) is 0 Å². The highest BCUT2D eigenvalue weighted by atomic mass is 16.5. The van der Waals surface area contributed by atoms with E-state index in [0.717, 1.165) is 32.5 Å². The van der Waals surface area contributed by atoms with Gasteiger partial charge in [-0.3, -0.25) is 4.99 Å². The summed E-state index contributed by atoms with van der Waals surface area (Å²) in [4.78, 5) is 6.63. The Morgan fingerprint density at radius 2 is 2.39 bits per heavy atom. The van der Waals surface area contributed by atoms with E-state index in [1.807, 2.05) is 0 Å². The molecule has 0 radical (unpaired) electrons. The molecule has 5 heteroatoms. The third-order valence-corrected chi connectivity index (χ3v) is 3.60. The molecule has 2 atom stereocenters. The van der Waals surface area contributed by atoms with Crippen LogP contribution in [0.1, 0.15) is 33.1 Å². The van der Waals surface area contributed by atoms with E-state index in [1.165, 1.54) is 6.42 Å². The molecule has 106 valence electrons. The van der Waals surface area contributed by atoms with Gasteiger partial charge in [0.15, 0.2) is 5.96 Å². The lowest BCUT2D eigenvalue weighted by atomic mass is 10.2. The number of likely N-dealkylation sites (N-methyl/N-ethyl adjacent to an activating group) is 1. The molecule has 0 saturated carbocycles. The summed E-state index contributed by atoms with van der Waals surface area (Å²) in [7, 11) is 2.13. The highest BCUT2D eigenvalue weighted by Gasteiger charge is 2.14. The lowest BCUT2D eigenvalue weighted by Gasteiger charge is -2.23. The average molecular weight is 256 g/mol. The fourth-order valence-electron chi connectivity index (χ4n) is 1.94. The zero-order chi connectivity index (χ0) is 13.4. The first-order chi connectivity index (χ1) is 8.63. The number of nitrogens with zero attached hydrogens (tertiary/aromatic N) is 2. The van der Waals surface area contributed by atoms with E-state index in [2.05, 4.69) is 36.1 Å². The van der Waals surface area contributed by atoms with Crippen molar-refractivity contribution in [3.05, 3.63) is 0 Å². The van der Waals surface area contributed by atoms with E-state index in [9.17, 15) is 0 Å². The Hall–Kier alpha value is -0.810. The smallest absolute Gasteiger partial charge is 0.188 e. The Balaban J connectivity index is 2.11. The van der Waals surface area contributed by atoms with Crippen LogP contribution in [0, 0.1) is 0 Å². The van der Waals surface area contributed by atoms with E-state index in [1.54, 1.807) is 0 Å². The minimum Gasteiger partial charge on any atom is -0.376 e. The Morgan fingerprint density at radius 3 is 3.00 bits per heavy atom. The predicted molar refractivity (Wildman–Crippen MR) is 75.8 cm³/mol. The summed E-state index contributed by atoms with van der Waals surface area (Å²) < 4.78 is 5.49. The maximum atomic E-state index is 5.81. The minimum absolute atomic E-state index is 0.271. The van der Waals surface area contributed by atoms with E-state index in [0.29, 0.717) is 18.5 Å². The second-order valence-electron chi connectivity index (χ2n) is 5.03. The third-order valence-electron chi connectivity index (χ3n) is 3.60. The zero-order valence-corrected chi connectivity index (χ0v) is 12.0. The van der Waals surface area contributed by atoms with Crippen LogP contribution < -0.4 is 11.1 Å². The maximum absolute atomic E-state index is 5.81. The third kappa shape index (κ3) is 5.69. The quantitative estimate of drug-likeness (QED) is 0.522. The van der Waals surface area contributed by atoms with Crippen LogP contribution in [0.15, 0.2) is 4.99 Å². The molecule has 0 aromatic heterocycles. The number of nitrogens with two attached hydrogens (primary N) is 1. The van der Waals surface area contributed by atoms with Crippen LogP contribution in [-0.2, 0) is 4.74 Å². The van der Waals surface area contributed by atoms with Crippen LogP contribution in [0.4, 0.5) is 0 Å². The van der Waals surface area contributed by atoms with E-state index in [4.69, 9.17) is 10.5 Å². The zero-order valence-electron chi connectivity index (χ0n) is 12.0. The van der Waals surface area contributed by atoms with Crippen molar-refractivity contribution in [3.8, 4) is 0 Å². The predicted octanol–water partition coefficient (Wildman–Crippen LogP) is 0.800. The van der Waals surface area contributed by atoms with Crippen molar-refractivity contribution in [2.45, 2.75) is 45.3 Å². The van der Waals surface area contributed by atoms with Gasteiger partial charge in [0.05, 0.1) is 12.6 Å². The van der Waals surface area contributed by atoms with Crippen molar-refractivity contribution in [2.24, 2.45) is 10.7 Å². The molecule has 0 unspecified atom stereocenters. The monoisotopic (exact) mass is 256 g/mol. The van der Waals surface area contributed by atoms with Gasteiger partial charge < -0.3 is 20.7 Å². The molecule has 0 aromatic rings. The number of guanidine groups is 1. The lowest BCUT2D eigenvalue weighted by Crippen LogP contribution is -2.40. The van der Waals surface area contributed by atoms with Gasteiger partial charge in [0.1, 0.15) is 0 Å². The number of nitrogens with one attached hydrogen (secondary N) is 1. The van der Waals surface area contributed by atoms with Gasteiger partial charge in [-0.25, -0.2) is 0 Å². The van der Waals surface area contributed by atoms with Gasteiger partial charge in [-0.15, -0.1) is 0 Å². The summed E-state index contributed by atoms with van der Waals surface area (Å²) in [5.74, 6) is 0.531. The SMILES string of the molecule is CC[C@@H](C)N(C)CCNC(N)=NC[C@H]1CCCO1. The van der Waals surface area contributed by atoms with Gasteiger partial charge >= 0.3 is 0 Å². The molecule has 0 spiro atoms. The van der Waals surface area contributed by atoms with Gasteiger partial charge in [-0.2, -0.15) is 0 Å². The fraction of sp³-hybridized carbons (Fsp3) is 0.923. The van der Waals surface area contributed by atoms with Crippen molar-refractivity contribution in [2.75, 3.05) is 33.3 Å². The van der Waals surface area contributed by atoms with Crippen LogP contribution in [0.3, 0.4) is 0 Å². The van der Waals surface area contributed by atoms with Gasteiger partial charge in [0, 0.05) is 25.7 Å². The number of aliphatic imine (C=N–C) groups is 1. The largest absolute Gasteiger partial charge is 0.376 e. The summed E-state index contributed by atoms with van der Waals surface area (Å²) >= 11 is 0. The van der Waals surface area contributed by atoms with Crippen molar-refractivity contribution in [3.63, 3.8) is 0 Å². The topological polar surface area (TPSA) is 62.9 Å². The molecule has 1 heterocycles. The molecule has 0 aromatic carbocycles. The maximum Gasteiger partial charge on any atom is 0.188 e. The summed E-state index contributed by atoms with van der Waals surface area (Å²) in [6.45, 7) is 7.79. The molecule has 1 aliphatic heterocycles. The van der Waals surface area contributed by atoms with Crippen LogP contribution in [0.2, 0.25) is 0 Å². The Labute approximate surface area is 111 Å². The highest BCUT2D eigenvalue weighted by molar-refractivity contribution is 5.77. The second-order valence-corrected chi connectivity index (χ2v) is 5.03. The molecule has 0 aliphatic carbocycles. The molecular weight excluding hydrogens is 228 g/mol. The van der Waals surface area contributed by atoms with E-state index in [-0.39, 0.29) is 6.10 Å². The van der Waals surface area contributed by atoms with E-state index >= 15 is 0 Å². The first-order valence-corrected chi connectivity index (χ1v) is 6.99.